The second kappa shape index (κ2) is 7.14. The molecule has 0 aliphatic heterocycles. The van der Waals surface area contributed by atoms with E-state index in [1.165, 1.54) is 4.90 Å². The van der Waals surface area contributed by atoms with Crippen LogP contribution in [-0.2, 0) is 4.79 Å². The highest BCUT2D eigenvalue weighted by atomic mass is 35.5. The van der Waals surface area contributed by atoms with Gasteiger partial charge in [0.15, 0.2) is 0 Å². The fourth-order valence-corrected chi connectivity index (χ4v) is 1.86. The number of nitrogens with zero attached hydrogens (tertiary/aromatic N) is 1. The summed E-state index contributed by atoms with van der Waals surface area (Å²) in [7, 11) is 0. The lowest BCUT2D eigenvalue weighted by Gasteiger charge is -2.27. The van der Waals surface area contributed by atoms with Gasteiger partial charge in [0.1, 0.15) is 6.54 Å². The summed E-state index contributed by atoms with van der Waals surface area (Å²) in [5.74, 6) is -1.03. The summed E-state index contributed by atoms with van der Waals surface area (Å²) in [5, 5.41) is 12.2. The molecule has 110 valence electrons. The lowest BCUT2D eigenvalue weighted by Crippen LogP contribution is -2.47. The molecule has 1 atom stereocenters. The van der Waals surface area contributed by atoms with Crippen molar-refractivity contribution in [3.05, 3.63) is 34.9 Å². The number of halogens is 1. The van der Waals surface area contributed by atoms with E-state index in [1.54, 1.807) is 26.0 Å². The van der Waals surface area contributed by atoms with Crippen LogP contribution in [-0.4, -0.2) is 34.6 Å². The average Bonchev–Trinajstić information content (AvgIpc) is 2.35. The lowest BCUT2D eigenvalue weighted by molar-refractivity contribution is -0.138. The first kappa shape index (κ1) is 16.3. The van der Waals surface area contributed by atoms with E-state index in [1.807, 2.05) is 19.1 Å². The van der Waals surface area contributed by atoms with Crippen LogP contribution in [0.3, 0.4) is 0 Å². The maximum Gasteiger partial charge on any atom is 0.323 e. The van der Waals surface area contributed by atoms with Crippen molar-refractivity contribution in [1.29, 1.82) is 0 Å². The molecule has 1 unspecified atom stereocenters. The summed E-state index contributed by atoms with van der Waals surface area (Å²) >= 11 is 5.81. The highest BCUT2D eigenvalue weighted by molar-refractivity contribution is 6.30. The molecule has 0 fully saturated rings. The van der Waals surface area contributed by atoms with Crippen LogP contribution in [0.5, 0.6) is 0 Å². The first-order chi connectivity index (χ1) is 9.31. The SMILES string of the molecule is CC(NC(=O)N(CC(=O)O)C(C)C)c1ccc(Cl)cc1. The van der Waals surface area contributed by atoms with Crippen LogP contribution in [0, 0.1) is 0 Å². The summed E-state index contributed by atoms with van der Waals surface area (Å²) in [6.45, 7) is 5.06. The summed E-state index contributed by atoms with van der Waals surface area (Å²) in [4.78, 5) is 24.1. The predicted molar refractivity (Wildman–Crippen MR) is 77.9 cm³/mol. The van der Waals surface area contributed by atoms with Gasteiger partial charge >= 0.3 is 12.0 Å². The Morgan fingerprint density at radius 1 is 1.25 bits per heavy atom. The Morgan fingerprint density at radius 3 is 2.25 bits per heavy atom. The molecule has 20 heavy (non-hydrogen) atoms. The zero-order valence-electron chi connectivity index (χ0n) is 11.8. The van der Waals surface area contributed by atoms with Gasteiger partial charge in [-0.1, -0.05) is 23.7 Å². The minimum Gasteiger partial charge on any atom is -0.480 e. The van der Waals surface area contributed by atoms with Crippen molar-refractivity contribution >= 4 is 23.6 Å². The maximum atomic E-state index is 12.1. The Kier molecular flexibility index (Phi) is 5.82. The van der Waals surface area contributed by atoms with Crippen LogP contribution >= 0.6 is 11.6 Å². The Morgan fingerprint density at radius 2 is 1.80 bits per heavy atom. The number of hydrogen-bond acceptors (Lipinski definition) is 2. The number of urea groups is 1. The Hall–Kier alpha value is -1.75. The first-order valence-electron chi connectivity index (χ1n) is 6.35. The molecule has 6 heteroatoms. The molecule has 0 radical (unpaired) electrons. The van der Waals surface area contributed by atoms with E-state index in [0.717, 1.165) is 5.56 Å². The molecule has 0 aliphatic rings. The summed E-state index contributed by atoms with van der Waals surface area (Å²) in [5.41, 5.74) is 0.904. The van der Waals surface area contributed by atoms with Crippen LogP contribution in [0.1, 0.15) is 32.4 Å². The number of benzene rings is 1. The van der Waals surface area contributed by atoms with Crippen LogP contribution < -0.4 is 5.32 Å². The van der Waals surface area contributed by atoms with Crippen molar-refractivity contribution in [2.75, 3.05) is 6.54 Å². The standard InChI is InChI=1S/C14H19ClN2O3/c1-9(2)17(8-13(18)19)14(20)16-10(3)11-4-6-12(15)7-5-11/h4-7,9-10H,8H2,1-3H3,(H,16,20)(H,18,19). The monoisotopic (exact) mass is 298 g/mol. The van der Waals surface area contributed by atoms with E-state index < -0.39 is 12.0 Å². The quantitative estimate of drug-likeness (QED) is 0.878. The molecule has 0 saturated heterocycles. The molecule has 0 spiro atoms. The third-order valence-corrected chi connectivity index (χ3v) is 3.15. The number of amides is 2. The number of rotatable bonds is 5. The molecule has 5 nitrogen and oxygen atoms in total. The number of carbonyl (C=O) groups is 2. The van der Waals surface area contributed by atoms with Gasteiger partial charge in [-0.3, -0.25) is 4.79 Å². The fourth-order valence-electron chi connectivity index (χ4n) is 1.74. The zero-order chi connectivity index (χ0) is 15.3. The van der Waals surface area contributed by atoms with Gasteiger partial charge in [-0.15, -0.1) is 0 Å². The second-order valence-electron chi connectivity index (χ2n) is 4.84. The van der Waals surface area contributed by atoms with E-state index in [9.17, 15) is 9.59 Å². The van der Waals surface area contributed by atoms with Crippen molar-refractivity contribution in [3.63, 3.8) is 0 Å². The normalized spacial score (nSPS) is 12.1. The van der Waals surface area contributed by atoms with Gasteiger partial charge in [0, 0.05) is 11.1 Å². The highest BCUT2D eigenvalue weighted by Crippen LogP contribution is 2.16. The summed E-state index contributed by atoms with van der Waals surface area (Å²) in [6, 6.07) is 6.32. The number of carboxylic acid groups (broad SMARTS) is 1. The molecule has 2 N–H and O–H groups in total. The van der Waals surface area contributed by atoms with Crippen molar-refractivity contribution in [2.24, 2.45) is 0 Å². The fraction of sp³-hybridized carbons (Fsp3) is 0.429. The Balaban J connectivity index is 2.72. The van der Waals surface area contributed by atoms with E-state index >= 15 is 0 Å². The first-order valence-corrected chi connectivity index (χ1v) is 6.73. The van der Waals surface area contributed by atoms with Gasteiger partial charge in [-0.05, 0) is 38.5 Å². The minimum atomic E-state index is -1.03. The van der Waals surface area contributed by atoms with E-state index in [2.05, 4.69) is 5.32 Å². The molecule has 2 amide bonds. The van der Waals surface area contributed by atoms with Crippen LogP contribution in [0.4, 0.5) is 4.79 Å². The second-order valence-corrected chi connectivity index (χ2v) is 5.27. The van der Waals surface area contributed by atoms with Crippen LogP contribution in [0.2, 0.25) is 5.02 Å². The molecule has 1 aromatic carbocycles. The summed E-state index contributed by atoms with van der Waals surface area (Å²) in [6.07, 6.45) is 0. The van der Waals surface area contributed by atoms with Crippen LogP contribution in [0.25, 0.3) is 0 Å². The highest BCUT2D eigenvalue weighted by Gasteiger charge is 2.21. The molecular formula is C14H19ClN2O3. The number of nitrogens with one attached hydrogen (secondary N) is 1. The molecule has 0 bridgehead atoms. The number of hydrogen-bond donors (Lipinski definition) is 2. The van der Waals surface area contributed by atoms with Gasteiger partial charge in [-0.25, -0.2) is 4.79 Å². The zero-order valence-corrected chi connectivity index (χ0v) is 12.5. The third-order valence-electron chi connectivity index (χ3n) is 2.90. The molecule has 0 heterocycles. The minimum absolute atomic E-state index is 0.191. The number of carbonyl (C=O) groups excluding carboxylic acids is 1. The van der Waals surface area contributed by atoms with Crippen molar-refractivity contribution in [3.8, 4) is 0 Å². The predicted octanol–water partition coefficient (Wildman–Crippen LogP) is 2.91. The van der Waals surface area contributed by atoms with Gasteiger partial charge < -0.3 is 15.3 Å². The topological polar surface area (TPSA) is 69.6 Å². The lowest BCUT2D eigenvalue weighted by atomic mass is 10.1. The van der Waals surface area contributed by atoms with Crippen molar-refractivity contribution < 1.29 is 14.7 Å². The van der Waals surface area contributed by atoms with Gasteiger partial charge in [0.05, 0.1) is 6.04 Å². The molecule has 0 aliphatic carbocycles. The smallest absolute Gasteiger partial charge is 0.323 e. The maximum absolute atomic E-state index is 12.1. The number of carboxylic acids is 1. The Labute approximate surface area is 123 Å². The molecule has 1 rings (SSSR count). The van der Waals surface area contributed by atoms with Gasteiger partial charge in [-0.2, -0.15) is 0 Å². The molecule has 0 aromatic heterocycles. The molecular weight excluding hydrogens is 280 g/mol. The van der Waals surface area contributed by atoms with E-state index in [-0.39, 0.29) is 18.6 Å². The number of aliphatic carboxylic acids is 1. The van der Waals surface area contributed by atoms with Crippen molar-refractivity contribution in [2.45, 2.75) is 32.9 Å². The third kappa shape index (κ3) is 4.74. The Bertz CT molecular complexity index is 474. The molecule has 0 saturated carbocycles. The van der Waals surface area contributed by atoms with E-state index in [4.69, 9.17) is 16.7 Å². The van der Waals surface area contributed by atoms with Gasteiger partial charge in [0.2, 0.25) is 0 Å². The largest absolute Gasteiger partial charge is 0.480 e. The summed E-state index contributed by atoms with van der Waals surface area (Å²) < 4.78 is 0. The average molecular weight is 299 g/mol. The van der Waals surface area contributed by atoms with Crippen LogP contribution in [0.15, 0.2) is 24.3 Å². The molecule has 1 aromatic rings. The van der Waals surface area contributed by atoms with E-state index in [0.29, 0.717) is 5.02 Å². The van der Waals surface area contributed by atoms with Crippen molar-refractivity contribution in [1.82, 2.24) is 10.2 Å². The van der Waals surface area contributed by atoms with Gasteiger partial charge in [0.25, 0.3) is 0 Å².